The van der Waals surface area contributed by atoms with Gasteiger partial charge < -0.3 is 10.1 Å². The number of sulfonamides is 1. The van der Waals surface area contributed by atoms with Crippen molar-refractivity contribution in [2.75, 3.05) is 17.8 Å². The van der Waals surface area contributed by atoms with Crippen LogP contribution in [-0.2, 0) is 10.0 Å². The van der Waals surface area contributed by atoms with Gasteiger partial charge in [0.15, 0.2) is 11.5 Å². The number of aryl methyl sites for hydroxylation is 1. The molecule has 4 aromatic rings. The number of alkyl halides is 1. The maximum absolute atomic E-state index is 14.4. The van der Waals surface area contributed by atoms with Crippen LogP contribution in [0, 0.1) is 6.92 Å². The molecule has 188 valence electrons. The number of aromatic amines is 1. The topological polar surface area (TPSA) is 122 Å². The molecule has 13 heteroatoms. The minimum atomic E-state index is -3.97. The number of anilines is 1. The molecule has 1 saturated heterocycles. The molecule has 36 heavy (non-hydrogen) atoms. The summed E-state index contributed by atoms with van der Waals surface area (Å²) < 4.78 is 48.5. The first-order valence-corrected chi connectivity index (χ1v) is 13.3. The molecular formula is C23H21Cl2FN6O3S. The number of benzene rings is 2. The number of rotatable bonds is 6. The molecule has 9 nitrogen and oxygen atoms in total. The largest absolute Gasteiger partial charge is 0.471 e. The van der Waals surface area contributed by atoms with E-state index in [0.717, 1.165) is 0 Å². The Kier molecular flexibility index (Phi) is 6.73. The highest BCUT2D eigenvalue weighted by atomic mass is 35.5. The summed E-state index contributed by atoms with van der Waals surface area (Å²) in [5, 5.41) is 11.0. The van der Waals surface area contributed by atoms with Crippen molar-refractivity contribution in [3.63, 3.8) is 0 Å². The van der Waals surface area contributed by atoms with Crippen molar-refractivity contribution in [1.82, 2.24) is 25.5 Å². The Morgan fingerprint density at radius 2 is 1.92 bits per heavy atom. The lowest BCUT2D eigenvalue weighted by Gasteiger charge is -2.27. The fourth-order valence-electron chi connectivity index (χ4n) is 3.90. The molecule has 0 saturated carbocycles. The summed E-state index contributed by atoms with van der Waals surface area (Å²) >= 11 is 12.0. The molecule has 5 rings (SSSR count). The maximum Gasteiger partial charge on any atom is 0.263 e. The number of aromatic nitrogens is 4. The zero-order valence-corrected chi connectivity index (χ0v) is 21.3. The third-order valence-corrected chi connectivity index (χ3v) is 7.85. The molecule has 2 atom stereocenters. The third kappa shape index (κ3) is 4.96. The molecule has 3 heterocycles. The van der Waals surface area contributed by atoms with Crippen molar-refractivity contribution >= 4 is 49.9 Å². The molecule has 1 aliphatic rings. The molecule has 2 aromatic carbocycles. The van der Waals surface area contributed by atoms with Crippen molar-refractivity contribution in [3.8, 4) is 17.3 Å². The molecule has 0 spiro atoms. The molecule has 0 aliphatic carbocycles. The average Bonchev–Trinajstić information content (AvgIpc) is 3.23. The summed E-state index contributed by atoms with van der Waals surface area (Å²) in [5.41, 5.74) is 1.99. The number of piperidine rings is 1. The van der Waals surface area contributed by atoms with E-state index in [1.54, 1.807) is 24.3 Å². The van der Waals surface area contributed by atoms with Crippen LogP contribution in [0.4, 0.5) is 10.1 Å². The predicted octanol–water partition coefficient (Wildman–Crippen LogP) is 4.51. The van der Waals surface area contributed by atoms with E-state index in [-0.39, 0.29) is 27.4 Å². The average molecular weight is 551 g/mol. The molecule has 2 unspecified atom stereocenters. The Bertz CT molecular complexity index is 1530. The van der Waals surface area contributed by atoms with Gasteiger partial charge in [0.25, 0.3) is 10.0 Å². The number of ether oxygens (including phenoxy) is 1. The van der Waals surface area contributed by atoms with Crippen LogP contribution in [0.2, 0.25) is 10.0 Å². The van der Waals surface area contributed by atoms with Gasteiger partial charge >= 0.3 is 0 Å². The lowest BCUT2D eigenvalue weighted by Crippen LogP contribution is -2.44. The zero-order valence-electron chi connectivity index (χ0n) is 18.9. The second kappa shape index (κ2) is 9.81. The first-order valence-electron chi connectivity index (χ1n) is 11.0. The minimum Gasteiger partial charge on any atom is -0.471 e. The third-order valence-electron chi connectivity index (χ3n) is 5.75. The molecule has 1 fully saturated rings. The number of hydrogen-bond acceptors (Lipinski definition) is 7. The van der Waals surface area contributed by atoms with Crippen LogP contribution in [0.5, 0.6) is 5.88 Å². The monoisotopic (exact) mass is 550 g/mol. The van der Waals surface area contributed by atoms with Gasteiger partial charge in [0.1, 0.15) is 22.6 Å². The number of nitrogens with zero attached hydrogens (tertiary/aromatic N) is 3. The van der Waals surface area contributed by atoms with Crippen molar-refractivity contribution in [3.05, 3.63) is 58.2 Å². The van der Waals surface area contributed by atoms with Crippen LogP contribution in [0.1, 0.15) is 12.1 Å². The number of H-pyrrole nitrogens is 1. The van der Waals surface area contributed by atoms with Crippen LogP contribution in [0.15, 0.2) is 47.4 Å². The van der Waals surface area contributed by atoms with E-state index in [0.29, 0.717) is 46.8 Å². The number of fused-ring (bicyclic) bond motifs is 1. The molecular weight excluding hydrogens is 530 g/mol. The summed E-state index contributed by atoms with van der Waals surface area (Å²) in [4.78, 5) is 8.93. The van der Waals surface area contributed by atoms with E-state index in [2.05, 4.69) is 30.2 Å². The van der Waals surface area contributed by atoms with E-state index in [1.807, 2.05) is 6.92 Å². The summed E-state index contributed by atoms with van der Waals surface area (Å²) in [5.74, 6) is 0.553. The number of halogens is 3. The Morgan fingerprint density at radius 3 is 2.67 bits per heavy atom. The minimum absolute atomic E-state index is 0.0521. The first-order chi connectivity index (χ1) is 17.2. The summed E-state index contributed by atoms with van der Waals surface area (Å²) in [7, 11) is -3.97. The Hall–Kier alpha value is -2.99. The van der Waals surface area contributed by atoms with Crippen molar-refractivity contribution < 1.29 is 17.5 Å². The quantitative estimate of drug-likeness (QED) is 0.322. The highest BCUT2D eigenvalue weighted by Gasteiger charge is 2.28. The van der Waals surface area contributed by atoms with Crippen LogP contribution in [0.25, 0.3) is 22.4 Å². The molecule has 0 bridgehead atoms. The zero-order chi connectivity index (χ0) is 25.4. The van der Waals surface area contributed by atoms with E-state index in [9.17, 15) is 12.8 Å². The summed E-state index contributed by atoms with van der Waals surface area (Å²) in [6, 6.07) is 10.7. The maximum atomic E-state index is 14.4. The van der Waals surface area contributed by atoms with Crippen LogP contribution < -0.4 is 14.8 Å². The van der Waals surface area contributed by atoms with Gasteiger partial charge in [0.2, 0.25) is 5.88 Å². The summed E-state index contributed by atoms with van der Waals surface area (Å²) in [6.07, 6.45) is -1.30. The lowest BCUT2D eigenvalue weighted by molar-refractivity contribution is 0.0707. The van der Waals surface area contributed by atoms with E-state index >= 15 is 0 Å². The van der Waals surface area contributed by atoms with Crippen LogP contribution in [-0.4, -0.2) is 53.9 Å². The highest BCUT2D eigenvalue weighted by molar-refractivity contribution is 7.92. The van der Waals surface area contributed by atoms with E-state index < -0.39 is 22.3 Å². The van der Waals surface area contributed by atoms with Gasteiger partial charge in [-0.2, -0.15) is 10.1 Å². The second-order valence-corrected chi connectivity index (χ2v) is 10.8. The number of nitrogens with one attached hydrogen (secondary N) is 3. The van der Waals surface area contributed by atoms with Gasteiger partial charge in [0.05, 0.1) is 5.02 Å². The van der Waals surface area contributed by atoms with Gasteiger partial charge in [-0.25, -0.2) is 17.8 Å². The van der Waals surface area contributed by atoms with Gasteiger partial charge in [-0.15, -0.1) is 0 Å². The standard InChI is InChI=1S/C23H21Cl2FN6O3S/c1-12-20-22(31-30-12)28-21(29-23(20)35-18-8-9-27-11-17(18)26)13-2-5-15(6-3-13)32-36(33,34)19-10-14(24)4-7-16(19)25/h2-7,10,17-18,27,32H,8-9,11H2,1H3,(H,28,29,30,31). The Labute approximate surface area is 216 Å². The normalized spacial score (nSPS) is 18.3. The SMILES string of the molecule is Cc1[nH]nc2nc(-c3ccc(NS(=O)(=O)c4cc(Cl)ccc4Cl)cc3)nc(OC3CCNCC3F)c12. The molecule has 1 aliphatic heterocycles. The molecule has 2 aromatic heterocycles. The molecule has 3 N–H and O–H groups in total. The Balaban J connectivity index is 1.44. The predicted molar refractivity (Wildman–Crippen MR) is 136 cm³/mol. The van der Waals surface area contributed by atoms with E-state index in [1.165, 1.54) is 18.2 Å². The lowest BCUT2D eigenvalue weighted by atomic mass is 10.1. The second-order valence-electron chi connectivity index (χ2n) is 8.32. The Morgan fingerprint density at radius 1 is 1.14 bits per heavy atom. The fourth-order valence-corrected chi connectivity index (χ4v) is 5.72. The van der Waals surface area contributed by atoms with Crippen LogP contribution >= 0.6 is 23.2 Å². The van der Waals surface area contributed by atoms with Crippen molar-refractivity contribution in [2.24, 2.45) is 0 Å². The summed E-state index contributed by atoms with van der Waals surface area (Å²) in [6.45, 7) is 2.68. The van der Waals surface area contributed by atoms with Gasteiger partial charge in [-0.1, -0.05) is 23.2 Å². The van der Waals surface area contributed by atoms with Crippen molar-refractivity contribution in [2.45, 2.75) is 30.5 Å². The van der Waals surface area contributed by atoms with E-state index in [4.69, 9.17) is 27.9 Å². The van der Waals surface area contributed by atoms with Gasteiger partial charge in [-0.05, 0) is 62.4 Å². The van der Waals surface area contributed by atoms with Gasteiger partial charge in [0, 0.05) is 28.5 Å². The molecule has 0 radical (unpaired) electrons. The van der Waals surface area contributed by atoms with Gasteiger partial charge in [-0.3, -0.25) is 9.82 Å². The van der Waals surface area contributed by atoms with Crippen molar-refractivity contribution in [1.29, 1.82) is 0 Å². The van der Waals surface area contributed by atoms with Crippen LogP contribution in [0.3, 0.4) is 0 Å². The highest BCUT2D eigenvalue weighted by Crippen LogP contribution is 2.31. The number of hydrogen-bond donors (Lipinski definition) is 3. The fraction of sp³-hybridized carbons (Fsp3) is 0.261. The smallest absolute Gasteiger partial charge is 0.263 e. The first kappa shape index (κ1) is 24.7. The molecule has 0 amide bonds.